The van der Waals surface area contributed by atoms with E-state index in [0.717, 1.165) is 6.42 Å². The lowest BCUT2D eigenvalue weighted by Crippen LogP contribution is -2.02. The predicted molar refractivity (Wildman–Crippen MR) is 90.7 cm³/mol. The number of carboxylic acid groups (broad SMARTS) is 1. The van der Waals surface area contributed by atoms with Gasteiger partial charge in [0.05, 0.1) is 19.3 Å². The van der Waals surface area contributed by atoms with E-state index in [-0.39, 0.29) is 5.57 Å². The Hall–Kier alpha value is -2.82. The zero-order valence-electron chi connectivity index (χ0n) is 13.6. The summed E-state index contributed by atoms with van der Waals surface area (Å²) < 4.78 is 24.1. The lowest BCUT2D eigenvalue weighted by atomic mass is 10.0. The number of carboxylic acids is 1. The summed E-state index contributed by atoms with van der Waals surface area (Å²) in [6.07, 6.45) is 2.31. The van der Waals surface area contributed by atoms with Gasteiger partial charge >= 0.3 is 5.97 Å². The standard InChI is InChI=1S/C19H19FO4/c1-3-11-24-18-14(5-4-6-17(18)23-2)12-16(19(21)22)13-7-9-15(20)10-8-13/h4-10,12H,3,11H2,1-2H3,(H,21,22)/b16-12-. The van der Waals surface area contributed by atoms with Crippen molar-refractivity contribution in [3.05, 3.63) is 59.4 Å². The molecule has 4 nitrogen and oxygen atoms in total. The highest BCUT2D eigenvalue weighted by atomic mass is 19.1. The van der Waals surface area contributed by atoms with E-state index >= 15 is 0 Å². The van der Waals surface area contributed by atoms with Crippen LogP contribution in [0.4, 0.5) is 4.39 Å². The molecule has 0 heterocycles. The summed E-state index contributed by atoms with van der Waals surface area (Å²) in [6.45, 7) is 2.46. The van der Waals surface area contributed by atoms with Crippen molar-refractivity contribution in [3.63, 3.8) is 0 Å². The molecule has 0 radical (unpaired) electrons. The average molecular weight is 330 g/mol. The maximum absolute atomic E-state index is 13.1. The van der Waals surface area contributed by atoms with E-state index in [0.29, 0.717) is 29.2 Å². The fourth-order valence-electron chi connectivity index (χ4n) is 2.22. The van der Waals surface area contributed by atoms with E-state index in [1.165, 1.54) is 37.5 Å². The maximum Gasteiger partial charge on any atom is 0.336 e. The van der Waals surface area contributed by atoms with Crippen LogP contribution in [-0.2, 0) is 4.79 Å². The molecule has 0 unspecified atom stereocenters. The van der Waals surface area contributed by atoms with E-state index in [4.69, 9.17) is 9.47 Å². The number of para-hydroxylation sites is 1. The Balaban J connectivity index is 2.53. The van der Waals surface area contributed by atoms with Gasteiger partial charge in [0.2, 0.25) is 0 Å². The van der Waals surface area contributed by atoms with Crippen LogP contribution in [0.15, 0.2) is 42.5 Å². The van der Waals surface area contributed by atoms with Crippen LogP contribution < -0.4 is 9.47 Å². The third kappa shape index (κ3) is 4.13. The molecule has 0 saturated carbocycles. The molecule has 0 aliphatic heterocycles. The molecule has 2 aromatic carbocycles. The molecule has 0 spiro atoms. The second-order valence-corrected chi connectivity index (χ2v) is 5.10. The average Bonchev–Trinajstić information content (AvgIpc) is 2.58. The van der Waals surface area contributed by atoms with Crippen molar-refractivity contribution >= 4 is 17.6 Å². The Morgan fingerprint density at radius 3 is 2.50 bits per heavy atom. The first-order chi connectivity index (χ1) is 11.6. The van der Waals surface area contributed by atoms with Crippen LogP contribution in [0.25, 0.3) is 11.6 Å². The number of aliphatic carboxylic acids is 1. The lowest BCUT2D eigenvalue weighted by Gasteiger charge is -2.13. The number of hydrogen-bond donors (Lipinski definition) is 1. The highest BCUT2D eigenvalue weighted by Gasteiger charge is 2.14. The van der Waals surface area contributed by atoms with Crippen LogP contribution in [0.2, 0.25) is 0 Å². The van der Waals surface area contributed by atoms with Gasteiger partial charge in [-0.15, -0.1) is 0 Å². The van der Waals surface area contributed by atoms with E-state index in [2.05, 4.69) is 0 Å². The largest absolute Gasteiger partial charge is 0.493 e. The maximum atomic E-state index is 13.1. The lowest BCUT2D eigenvalue weighted by molar-refractivity contribution is -0.130. The van der Waals surface area contributed by atoms with Crippen molar-refractivity contribution < 1.29 is 23.8 Å². The third-order valence-electron chi connectivity index (χ3n) is 3.37. The Labute approximate surface area is 140 Å². The second kappa shape index (κ2) is 8.15. The molecular weight excluding hydrogens is 311 g/mol. The number of halogens is 1. The highest BCUT2D eigenvalue weighted by Crippen LogP contribution is 2.34. The van der Waals surface area contributed by atoms with Crippen LogP contribution in [0.5, 0.6) is 11.5 Å². The molecule has 0 aliphatic carbocycles. The van der Waals surface area contributed by atoms with Crippen LogP contribution in [-0.4, -0.2) is 24.8 Å². The van der Waals surface area contributed by atoms with Crippen molar-refractivity contribution in [3.8, 4) is 11.5 Å². The number of rotatable bonds is 7. The molecular formula is C19H19FO4. The van der Waals surface area contributed by atoms with Gasteiger partial charge in [-0.25, -0.2) is 9.18 Å². The van der Waals surface area contributed by atoms with Gasteiger partial charge in [0, 0.05) is 5.56 Å². The molecule has 2 rings (SSSR count). The Morgan fingerprint density at radius 1 is 1.21 bits per heavy atom. The summed E-state index contributed by atoms with van der Waals surface area (Å²) in [7, 11) is 1.53. The molecule has 0 aromatic heterocycles. The molecule has 24 heavy (non-hydrogen) atoms. The van der Waals surface area contributed by atoms with Crippen molar-refractivity contribution in [1.29, 1.82) is 0 Å². The summed E-state index contributed by atoms with van der Waals surface area (Å²) in [5.41, 5.74) is 1.04. The Kier molecular flexibility index (Phi) is 5.95. The highest BCUT2D eigenvalue weighted by molar-refractivity contribution is 6.20. The zero-order valence-corrected chi connectivity index (χ0v) is 13.6. The summed E-state index contributed by atoms with van der Waals surface area (Å²) in [6, 6.07) is 10.6. The van der Waals surface area contributed by atoms with Gasteiger partial charge < -0.3 is 14.6 Å². The summed E-state index contributed by atoms with van der Waals surface area (Å²) in [5.74, 6) is -0.508. The molecule has 0 saturated heterocycles. The molecule has 0 aliphatic rings. The summed E-state index contributed by atoms with van der Waals surface area (Å²) in [4.78, 5) is 11.6. The van der Waals surface area contributed by atoms with Gasteiger partial charge in [-0.05, 0) is 36.3 Å². The van der Waals surface area contributed by atoms with Gasteiger partial charge in [0.25, 0.3) is 0 Å². The SMILES string of the molecule is CCCOc1c(/C=C(\C(=O)O)c2ccc(F)cc2)cccc1OC. The van der Waals surface area contributed by atoms with Crippen molar-refractivity contribution in [2.24, 2.45) is 0 Å². The smallest absolute Gasteiger partial charge is 0.336 e. The van der Waals surface area contributed by atoms with Gasteiger partial charge in [-0.1, -0.05) is 31.2 Å². The zero-order chi connectivity index (χ0) is 17.5. The topological polar surface area (TPSA) is 55.8 Å². The minimum Gasteiger partial charge on any atom is -0.493 e. The minimum absolute atomic E-state index is 0.0459. The van der Waals surface area contributed by atoms with Gasteiger partial charge in [-0.3, -0.25) is 0 Å². The molecule has 2 aromatic rings. The number of benzene rings is 2. The third-order valence-corrected chi connectivity index (χ3v) is 3.37. The van der Waals surface area contributed by atoms with E-state index in [1.54, 1.807) is 18.2 Å². The molecule has 0 amide bonds. The van der Waals surface area contributed by atoms with E-state index in [9.17, 15) is 14.3 Å². The van der Waals surface area contributed by atoms with Crippen LogP contribution in [0, 0.1) is 5.82 Å². The monoisotopic (exact) mass is 330 g/mol. The van der Waals surface area contributed by atoms with E-state index < -0.39 is 11.8 Å². The van der Waals surface area contributed by atoms with Crippen molar-refractivity contribution in [1.82, 2.24) is 0 Å². The fraction of sp³-hybridized carbons (Fsp3) is 0.211. The first kappa shape index (κ1) is 17.5. The van der Waals surface area contributed by atoms with Crippen LogP contribution in [0.3, 0.4) is 0 Å². The van der Waals surface area contributed by atoms with Crippen molar-refractivity contribution in [2.45, 2.75) is 13.3 Å². The number of methoxy groups -OCH3 is 1. The molecule has 5 heteroatoms. The van der Waals surface area contributed by atoms with E-state index in [1.807, 2.05) is 6.92 Å². The number of carbonyl (C=O) groups is 1. The normalized spacial score (nSPS) is 11.2. The molecule has 1 N–H and O–H groups in total. The van der Waals surface area contributed by atoms with Gasteiger partial charge in [0.15, 0.2) is 11.5 Å². The van der Waals surface area contributed by atoms with Crippen LogP contribution in [0.1, 0.15) is 24.5 Å². The predicted octanol–water partition coefficient (Wildman–Crippen LogP) is 4.25. The van der Waals surface area contributed by atoms with Gasteiger partial charge in [0.1, 0.15) is 5.82 Å². The van der Waals surface area contributed by atoms with Crippen LogP contribution >= 0.6 is 0 Å². The molecule has 0 bridgehead atoms. The first-order valence-electron chi connectivity index (χ1n) is 7.57. The molecule has 0 atom stereocenters. The molecule has 126 valence electrons. The second-order valence-electron chi connectivity index (χ2n) is 5.10. The molecule has 0 fully saturated rings. The minimum atomic E-state index is -1.11. The number of hydrogen-bond acceptors (Lipinski definition) is 3. The van der Waals surface area contributed by atoms with Crippen molar-refractivity contribution in [2.75, 3.05) is 13.7 Å². The first-order valence-corrected chi connectivity index (χ1v) is 7.57. The summed E-state index contributed by atoms with van der Waals surface area (Å²) >= 11 is 0. The fourth-order valence-corrected chi connectivity index (χ4v) is 2.22. The van der Waals surface area contributed by atoms with Gasteiger partial charge in [-0.2, -0.15) is 0 Å². The quantitative estimate of drug-likeness (QED) is 0.609. The number of ether oxygens (including phenoxy) is 2. The summed E-state index contributed by atoms with van der Waals surface area (Å²) in [5, 5.41) is 9.52. The Morgan fingerprint density at radius 2 is 1.92 bits per heavy atom. The Bertz CT molecular complexity index is 736.